The average molecular weight is 412 g/mol. The van der Waals surface area contributed by atoms with Gasteiger partial charge in [-0.1, -0.05) is 11.6 Å². The Bertz CT molecular complexity index is 1170. The number of halogens is 1. The highest BCUT2D eigenvalue weighted by Gasteiger charge is 2.34. The van der Waals surface area contributed by atoms with Gasteiger partial charge >= 0.3 is 0 Å². The third-order valence-corrected chi connectivity index (χ3v) is 5.36. The van der Waals surface area contributed by atoms with Crippen LogP contribution in [0.4, 0.5) is 0 Å². The topological polar surface area (TPSA) is 81.8 Å². The molecule has 2 aliphatic heterocycles. The first kappa shape index (κ1) is 17.9. The van der Waals surface area contributed by atoms with E-state index in [1.165, 1.54) is 11.9 Å². The number of pyridine rings is 1. The summed E-state index contributed by atoms with van der Waals surface area (Å²) in [6, 6.07) is 7.20. The predicted octanol–water partition coefficient (Wildman–Crippen LogP) is 3.09. The van der Waals surface area contributed by atoms with Gasteiger partial charge in [0, 0.05) is 43.6 Å². The first-order valence-corrected chi connectivity index (χ1v) is 9.64. The Labute approximate surface area is 171 Å². The van der Waals surface area contributed by atoms with Gasteiger partial charge in [-0.15, -0.1) is 0 Å². The first-order chi connectivity index (χ1) is 14.0. The fourth-order valence-electron chi connectivity index (χ4n) is 3.70. The maximum atomic E-state index is 12.3. The van der Waals surface area contributed by atoms with Crippen LogP contribution in [0.3, 0.4) is 0 Å². The normalized spacial score (nSPS) is 18.2. The monoisotopic (exact) mass is 411 g/mol. The van der Waals surface area contributed by atoms with Gasteiger partial charge < -0.3 is 9.47 Å². The molecule has 1 aromatic carbocycles. The largest absolute Gasteiger partial charge is 0.486 e. The molecule has 29 heavy (non-hydrogen) atoms. The lowest BCUT2D eigenvalue weighted by molar-refractivity contribution is -0.130. The number of carbonyl (C=O) groups is 1. The molecule has 3 aromatic rings. The van der Waals surface area contributed by atoms with E-state index in [-0.39, 0.29) is 11.9 Å². The van der Waals surface area contributed by atoms with E-state index in [1.807, 2.05) is 37.5 Å². The summed E-state index contributed by atoms with van der Waals surface area (Å²) in [7, 11) is 1.84. The van der Waals surface area contributed by atoms with E-state index < -0.39 is 0 Å². The lowest BCUT2D eigenvalue weighted by atomic mass is 10.0. The molecule has 0 N–H and O–H groups in total. The second-order valence-electron chi connectivity index (χ2n) is 7.06. The highest BCUT2D eigenvalue weighted by Crippen LogP contribution is 2.39. The standard InChI is InChI=1S/C20H18ClN5O3/c1-11(27)26-17(9-16(24-26)14-3-4-25(2)23-14)13-7-12-8-18-19(29-6-5-28-18)10-15(12)22-20(13)21/h3-4,7-8,10,17H,5-6,9H2,1-2H3/t17-/m1/s1. The van der Waals surface area contributed by atoms with Crippen molar-refractivity contribution in [1.82, 2.24) is 19.8 Å². The Morgan fingerprint density at radius 1 is 1.21 bits per heavy atom. The van der Waals surface area contributed by atoms with Crippen molar-refractivity contribution in [3.63, 3.8) is 0 Å². The van der Waals surface area contributed by atoms with Crippen LogP contribution < -0.4 is 9.47 Å². The summed E-state index contributed by atoms with van der Waals surface area (Å²) in [5.74, 6) is 1.17. The van der Waals surface area contributed by atoms with Crippen molar-refractivity contribution >= 4 is 34.1 Å². The summed E-state index contributed by atoms with van der Waals surface area (Å²) in [6.07, 6.45) is 2.35. The second kappa shape index (κ2) is 6.73. The Balaban J connectivity index is 1.56. The third kappa shape index (κ3) is 3.09. The molecule has 2 aliphatic rings. The van der Waals surface area contributed by atoms with E-state index in [9.17, 15) is 4.79 Å². The minimum Gasteiger partial charge on any atom is -0.486 e. The fourth-order valence-corrected chi connectivity index (χ4v) is 3.98. The van der Waals surface area contributed by atoms with Crippen LogP contribution in [0.15, 0.2) is 35.6 Å². The van der Waals surface area contributed by atoms with Gasteiger partial charge in [-0.3, -0.25) is 9.48 Å². The van der Waals surface area contributed by atoms with Crippen LogP contribution >= 0.6 is 11.6 Å². The quantitative estimate of drug-likeness (QED) is 0.605. The number of aryl methyl sites for hydroxylation is 1. The van der Waals surface area contributed by atoms with Crippen LogP contribution in [0.1, 0.15) is 30.6 Å². The predicted molar refractivity (Wildman–Crippen MR) is 107 cm³/mol. The van der Waals surface area contributed by atoms with E-state index in [2.05, 4.69) is 15.2 Å². The number of hydrazone groups is 1. The SMILES string of the molecule is CC(=O)N1N=C(c2ccn(C)n2)C[C@@H]1c1cc2cc3c(cc2nc1Cl)OCCO3. The van der Waals surface area contributed by atoms with Gasteiger partial charge in [0.25, 0.3) is 0 Å². The molecule has 0 spiro atoms. The van der Waals surface area contributed by atoms with E-state index in [0.717, 1.165) is 22.4 Å². The highest BCUT2D eigenvalue weighted by molar-refractivity contribution is 6.30. The molecular weight excluding hydrogens is 394 g/mol. The lowest BCUT2D eigenvalue weighted by Gasteiger charge is -2.22. The molecule has 8 nitrogen and oxygen atoms in total. The van der Waals surface area contributed by atoms with Gasteiger partial charge in [0.1, 0.15) is 24.1 Å². The van der Waals surface area contributed by atoms with Gasteiger partial charge in [-0.2, -0.15) is 10.2 Å². The zero-order chi connectivity index (χ0) is 20.1. The van der Waals surface area contributed by atoms with Crippen LogP contribution in [0.5, 0.6) is 11.5 Å². The molecule has 0 aliphatic carbocycles. The van der Waals surface area contributed by atoms with Gasteiger partial charge in [-0.25, -0.2) is 9.99 Å². The molecule has 0 bridgehead atoms. The molecular formula is C20H18ClN5O3. The minimum absolute atomic E-state index is 0.167. The molecule has 148 valence electrons. The van der Waals surface area contributed by atoms with Crippen LogP contribution in [0.25, 0.3) is 10.9 Å². The highest BCUT2D eigenvalue weighted by atomic mass is 35.5. The summed E-state index contributed by atoms with van der Waals surface area (Å²) in [4.78, 5) is 16.8. The number of hydrogen-bond donors (Lipinski definition) is 0. The number of ether oxygens (including phenoxy) is 2. The Morgan fingerprint density at radius 2 is 1.97 bits per heavy atom. The molecule has 2 aromatic heterocycles. The maximum absolute atomic E-state index is 12.3. The molecule has 0 saturated carbocycles. The molecule has 0 saturated heterocycles. The van der Waals surface area contributed by atoms with Gasteiger partial charge in [0.2, 0.25) is 5.91 Å². The number of nitrogens with zero attached hydrogens (tertiary/aromatic N) is 5. The second-order valence-corrected chi connectivity index (χ2v) is 7.42. The van der Waals surface area contributed by atoms with Gasteiger partial charge in [0.05, 0.1) is 17.3 Å². The zero-order valence-corrected chi connectivity index (χ0v) is 16.7. The number of aromatic nitrogens is 3. The number of fused-ring (bicyclic) bond motifs is 2. The van der Waals surface area contributed by atoms with E-state index in [4.69, 9.17) is 21.1 Å². The Morgan fingerprint density at radius 3 is 2.66 bits per heavy atom. The van der Waals surface area contributed by atoms with Crippen LogP contribution in [-0.2, 0) is 11.8 Å². The molecule has 4 heterocycles. The average Bonchev–Trinajstić information content (AvgIpc) is 3.32. The molecule has 5 rings (SSSR count). The van der Waals surface area contributed by atoms with Gasteiger partial charge in [-0.05, 0) is 18.2 Å². The van der Waals surface area contributed by atoms with Crippen molar-refractivity contribution in [2.45, 2.75) is 19.4 Å². The molecule has 0 fully saturated rings. The molecule has 1 amide bonds. The maximum Gasteiger partial charge on any atom is 0.240 e. The zero-order valence-electron chi connectivity index (χ0n) is 15.9. The van der Waals surface area contributed by atoms with Crippen molar-refractivity contribution in [3.8, 4) is 11.5 Å². The van der Waals surface area contributed by atoms with E-state index in [1.54, 1.807) is 4.68 Å². The van der Waals surface area contributed by atoms with E-state index in [0.29, 0.717) is 41.8 Å². The first-order valence-electron chi connectivity index (χ1n) is 9.26. The third-order valence-electron chi connectivity index (χ3n) is 5.06. The van der Waals surface area contributed by atoms with Crippen LogP contribution in [0, 0.1) is 0 Å². The summed E-state index contributed by atoms with van der Waals surface area (Å²) in [6.45, 7) is 2.50. The molecule has 9 heteroatoms. The van der Waals surface area contributed by atoms with Crippen LogP contribution in [-0.4, -0.2) is 44.6 Å². The molecule has 1 atom stereocenters. The van der Waals surface area contributed by atoms with Crippen LogP contribution in [0.2, 0.25) is 5.15 Å². The number of rotatable bonds is 2. The smallest absolute Gasteiger partial charge is 0.240 e. The van der Waals surface area contributed by atoms with Crippen molar-refractivity contribution in [2.24, 2.45) is 12.1 Å². The minimum atomic E-state index is -0.345. The number of carbonyl (C=O) groups excluding carboxylic acids is 1. The molecule has 0 radical (unpaired) electrons. The van der Waals surface area contributed by atoms with Crippen molar-refractivity contribution in [3.05, 3.63) is 46.9 Å². The van der Waals surface area contributed by atoms with E-state index >= 15 is 0 Å². The summed E-state index contributed by atoms with van der Waals surface area (Å²) in [5, 5.41) is 11.6. The summed E-state index contributed by atoms with van der Waals surface area (Å²) in [5.41, 5.74) is 2.93. The Hall–Kier alpha value is -3.13. The Kier molecular flexibility index (Phi) is 4.16. The van der Waals surface area contributed by atoms with Crippen molar-refractivity contribution in [1.29, 1.82) is 0 Å². The molecule has 0 unspecified atom stereocenters. The summed E-state index contributed by atoms with van der Waals surface area (Å²) < 4.78 is 13.0. The van der Waals surface area contributed by atoms with Crippen molar-refractivity contribution < 1.29 is 14.3 Å². The van der Waals surface area contributed by atoms with Crippen molar-refractivity contribution in [2.75, 3.05) is 13.2 Å². The number of amides is 1. The fraction of sp³-hybridized carbons (Fsp3) is 0.300. The van der Waals surface area contributed by atoms with Gasteiger partial charge in [0.15, 0.2) is 11.5 Å². The summed E-state index contributed by atoms with van der Waals surface area (Å²) >= 11 is 6.54. The lowest BCUT2D eigenvalue weighted by Crippen LogP contribution is -2.24. The number of benzene rings is 1. The number of hydrogen-bond acceptors (Lipinski definition) is 6.